The van der Waals surface area contributed by atoms with Crippen molar-refractivity contribution < 1.29 is 19.6 Å². The highest BCUT2D eigenvalue weighted by atomic mass is 32.2. The second-order valence-corrected chi connectivity index (χ2v) is 7.54. The molecular weight excluding hydrogens is 394 g/mol. The summed E-state index contributed by atoms with van der Waals surface area (Å²) >= 11 is 1.09. The van der Waals surface area contributed by atoms with Crippen LogP contribution in [0.1, 0.15) is 5.56 Å². The molecule has 0 aromatic heterocycles. The molecule has 2 aromatic rings. The Kier molecular flexibility index (Phi) is 6.00. The van der Waals surface area contributed by atoms with Gasteiger partial charge in [-0.3, -0.25) is 19.7 Å². The summed E-state index contributed by atoms with van der Waals surface area (Å²) in [5, 5.41) is 20.1. The molecule has 9 heteroatoms. The van der Waals surface area contributed by atoms with Crippen LogP contribution in [0.3, 0.4) is 0 Å². The van der Waals surface area contributed by atoms with E-state index in [9.17, 15) is 19.7 Å². The van der Waals surface area contributed by atoms with Crippen LogP contribution in [0.25, 0.3) is 5.57 Å². The van der Waals surface area contributed by atoms with Crippen molar-refractivity contribution in [2.45, 2.75) is 0 Å². The molecular formula is C20H19N3O5S. The van der Waals surface area contributed by atoms with Crippen molar-refractivity contribution in [1.29, 1.82) is 0 Å². The van der Waals surface area contributed by atoms with Crippen molar-refractivity contribution in [3.8, 4) is 0 Å². The second kappa shape index (κ2) is 8.46. The van der Waals surface area contributed by atoms with Gasteiger partial charge in [0.15, 0.2) is 0 Å². The number of hydrogen-bond acceptors (Lipinski definition) is 7. The third-order valence-electron chi connectivity index (χ3n) is 4.37. The Bertz CT molecular complexity index is 984. The van der Waals surface area contributed by atoms with E-state index >= 15 is 0 Å². The quantitative estimate of drug-likeness (QED) is 0.423. The van der Waals surface area contributed by atoms with Crippen LogP contribution in [0.15, 0.2) is 53.4 Å². The summed E-state index contributed by atoms with van der Waals surface area (Å²) in [4.78, 5) is 39.8. The van der Waals surface area contributed by atoms with Gasteiger partial charge < -0.3 is 10.0 Å². The zero-order valence-corrected chi connectivity index (χ0v) is 16.7. The number of amides is 2. The Hall–Kier alpha value is -3.17. The lowest BCUT2D eigenvalue weighted by Crippen LogP contribution is -2.31. The molecule has 0 fully saturated rings. The zero-order chi connectivity index (χ0) is 21.1. The Labute approximate surface area is 171 Å². The summed E-state index contributed by atoms with van der Waals surface area (Å²) in [5.74, 6) is -0.723. The first-order valence-electron chi connectivity index (χ1n) is 8.74. The molecule has 1 aliphatic rings. The van der Waals surface area contributed by atoms with E-state index in [1.807, 2.05) is 19.0 Å². The van der Waals surface area contributed by atoms with Gasteiger partial charge in [-0.2, -0.15) is 0 Å². The SMILES string of the molecule is CN(C)c1ccc(N2C(=O)C(SCCO)=C(c3ccc([N+](=O)[O-])cc3)C2=O)cc1. The van der Waals surface area contributed by atoms with E-state index in [1.54, 1.807) is 24.3 Å². The van der Waals surface area contributed by atoms with Crippen molar-refractivity contribution >= 4 is 46.2 Å². The Morgan fingerprint density at radius 2 is 1.66 bits per heavy atom. The van der Waals surface area contributed by atoms with E-state index in [0.717, 1.165) is 22.3 Å². The van der Waals surface area contributed by atoms with Gasteiger partial charge in [-0.1, -0.05) is 0 Å². The fraction of sp³-hybridized carbons (Fsp3) is 0.200. The lowest BCUT2D eigenvalue weighted by Gasteiger charge is -2.17. The van der Waals surface area contributed by atoms with Gasteiger partial charge in [0, 0.05) is 37.7 Å². The van der Waals surface area contributed by atoms with Crippen molar-refractivity contribution in [2.75, 3.05) is 36.3 Å². The molecule has 2 amide bonds. The zero-order valence-electron chi connectivity index (χ0n) is 15.9. The molecule has 0 bridgehead atoms. The maximum absolute atomic E-state index is 13.2. The average molecular weight is 413 g/mol. The molecule has 29 heavy (non-hydrogen) atoms. The molecule has 1 aliphatic heterocycles. The molecule has 2 aromatic carbocycles. The minimum absolute atomic E-state index is 0.105. The number of carbonyl (C=O) groups excluding carboxylic acids is 2. The van der Waals surface area contributed by atoms with Crippen molar-refractivity contribution in [1.82, 2.24) is 0 Å². The van der Waals surface area contributed by atoms with Gasteiger partial charge in [0.2, 0.25) is 0 Å². The van der Waals surface area contributed by atoms with Crippen LogP contribution >= 0.6 is 11.8 Å². The molecule has 0 aliphatic carbocycles. The minimum Gasteiger partial charge on any atom is -0.396 e. The molecule has 0 radical (unpaired) electrons. The van der Waals surface area contributed by atoms with Gasteiger partial charge in [-0.25, -0.2) is 4.90 Å². The molecule has 0 spiro atoms. The molecule has 3 rings (SSSR count). The van der Waals surface area contributed by atoms with E-state index in [0.29, 0.717) is 11.3 Å². The maximum Gasteiger partial charge on any atom is 0.272 e. The predicted molar refractivity (Wildman–Crippen MR) is 113 cm³/mol. The molecule has 0 atom stereocenters. The van der Waals surface area contributed by atoms with Crippen molar-refractivity contribution in [3.63, 3.8) is 0 Å². The van der Waals surface area contributed by atoms with E-state index < -0.39 is 16.7 Å². The highest BCUT2D eigenvalue weighted by Gasteiger charge is 2.40. The highest BCUT2D eigenvalue weighted by molar-refractivity contribution is 8.04. The minimum atomic E-state index is -0.528. The van der Waals surface area contributed by atoms with Gasteiger partial charge in [0.1, 0.15) is 0 Å². The number of carbonyl (C=O) groups is 2. The molecule has 0 saturated heterocycles. The number of rotatable bonds is 7. The lowest BCUT2D eigenvalue weighted by molar-refractivity contribution is -0.384. The number of non-ortho nitro benzene ring substituents is 1. The van der Waals surface area contributed by atoms with E-state index in [-0.39, 0.29) is 28.5 Å². The molecule has 0 unspecified atom stereocenters. The number of nitro groups is 1. The topological polar surface area (TPSA) is 104 Å². The number of thioether (sulfide) groups is 1. The first kappa shape index (κ1) is 20.6. The summed E-state index contributed by atoms with van der Waals surface area (Å²) in [7, 11) is 3.78. The largest absolute Gasteiger partial charge is 0.396 e. The van der Waals surface area contributed by atoms with E-state index in [1.165, 1.54) is 24.3 Å². The summed E-state index contributed by atoms with van der Waals surface area (Å²) in [6, 6.07) is 12.5. The highest BCUT2D eigenvalue weighted by Crippen LogP contribution is 2.39. The predicted octanol–water partition coefficient (Wildman–Crippen LogP) is 2.67. The number of nitrogens with zero attached hydrogens (tertiary/aromatic N) is 3. The third kappa shape index (κ3) is 4.01. The smallest absolute Gasteiger partial charge is 0.272 e. The van der Waals surface area contributed by atoms with Crippen LogP contribution in [0.2, 0.25) is 0 Å². The molecule has 1 heterocycles. The second-order valence-electron chi connectivity index (χ2n) is 6.44. The standard InChI is InChI=1S/C20H19N3O5S/c1-21(2)14-7-9-15(10-8-14)22-19(25)17(18(20(22)26)29-12-11-24)13-3-5-16(6-4-13)23(27)28/h3-10,24H,11-12H2,1-2H3. The van der Waals surface area contributed by atoms with Crippen LogP contribution in [0.4, 0.5) is 17.1 Å². The average Bonchev–Trinajstić information content (AvgIpc) is 2.96. The fourth-order valence-electron chi connectivity index (χ4n) is 2.93. The van der Waals surface area contributed by atoms with E-state index in [4.69, 9.17) is 5.11 Å². The molecule has 150 valence electrons. The van der Waals surface area contributed by atoms with Crippen LogP contribution in [-0.2, 0) is 9.59 Å². The molecule has 8 nitrogen and oxygen atoms in total. The molecule has 1 N–H and O–H groups in total. The normalized spacial score (nSPS) is 14.0. The van der Waals surface area contributed by atoms with Gasteiger partial charge in [-0.05, 0) is 42.0 Å². The lowest BCUT2D eigenvalue weighted by atomic mass is 10.1. The van der Waals surface area contributed by atoms with Gasteiger partial charge in [0.05, 0.1) is 27.7 Å². The van der Waals surface area contributed by atoms with Gasteiger partial charge in [0.25, 0.3) is 17.5 Å². The van der Waals surface area contributed by atoms with Crippen molar-refractivity contribution in [3.05, 3.63) is 69.1 Å². The number of benzene rings is 2. The van der Waals surface area contributed by atoms with Crippen LogP contribution in [0, 0.1) is 10.1 Å². The van der Waals surface area contributed by atoms with Gasteiger partial charge in [-0.15, -0.1) is 11.8 Å². The number of imide groups is 1. The number of hydrogen-bond donors (Lipinski definition) is 1. The first-order valence-corrected chi connectivity index (χ1v) is 9.72. The third-order valence-corrected chi connectivity index (χ3v) is 5.42. The van der Waals surface area contributed by atoms with Crippen molar-refractivity contribution in [2.24, 2.45) is 0 Å². The number of nitro benzene ring substituents is 1. The van der Waals surface area contributed by atoms with Crippen LogP contribution in [0.5, 0.6) is 0 Å². The Balaban J connectivity index is 2.01. The maximum atomic E-state index is 13.2. The van der Waals surface area contributed by atoms with Gasteiger partial charge >= 0.3 is 0 Å². The first-order chi connectivity index (χ1) is 13.8. The number of aliphatic hydroxyl groups excluding tert-OH is 1. The Morgan fingerprint density at radius 3 is 2.17 bits per heavy atom. The summed E-state index contributed by atoms with van der Waals surface area (Å²) in [6.45, 7) is -0.152. The van der Waals surface area contributed by atoms with Crippen LogP contribution in [-0.4, -0.2) is 48.3 Å². The fourth-order valence-corrected chi connectivity index (χ4v) is 3.79. The number of aliphatic hydroxyl groups is 1. The summed E-state index contributed by atoms with van der Waals surface area (Å²) in [6.07, 6.45) is 0. The van der Waals surface area contributed by atoms with E-state index in [2.05, 4.69) is 0 Å². The number of anilines is 2. The monoisotopic (exact) mass is 413 g/mol. The molecule has 0 saturated carbocycles. The Morgan fingerprint density at radius 1 is 1.03 bits per heavy atom. The summed E-state index contributed by atoms with van der Waals surface area (Å²) in [5.41, 5.74) is 1.85. The van der Waals surface area contributed by atoms with Crippen LogP contribution < -0.4 is 9.80 Å². The summed E-state index contributed by atoms with van der Waals surface area (Å²) < 4.78 is 0.